The van der Waals surface area contributed by atoms with E-state index in [0.29, 0.717) is 22.5 Å². The van der Waals surface area contributed by atoms with Crippen LogP contribution < -0.4 is 0 Å². The van der Waals surface area contributed by atoms with Crippen LogP contribution in [0.4, 0.5) is 0 Å². The minimum atomic E-state index is -0.488. The maximum atomic E-state index is 13.0. The van der Waals surface area contributed by atoms with Crippen LogP contribution in [0.3, 0.4) is 0 Å². The van der Waals surface area contributed by atoms with Crippen molar-refractivity contribution in [3.8, 4) is 0 Å². The van der Waals surface area contributed by atoms with E-state index in [9.17, 15) is 14.4 Å². The third kappa shape index (κ3) is 3.05. The van der Waals surface area contributed by atoms with Gasteiger partial charge in [-0.3, -0.25) is 9.59 Å². The molecule has 0 spiro atoms. The first-order valence-corrected chi connectivity index (χ1v) is 8.48. The van der Waals surface area contributed by atoms with Crippen LogP contribution in [0.2, 0.25) is 0 Å². The number of aromatic nitrogens is 1. The topological polar surface area (TPSA) is 81.8 Å². The third-order valence-electron chi connectivity index (χ3n) is 4.88. The van der Waals surface area contributed by atoms with Gasteiger partial charge in [-0.25, -0.2) is 4.79 Å². The molecule has 26 heavy (non-hydrogen) atoms. The van der Waals surface area contributed by atoms with Crippen LogP contribution in [0, 0.1) is 13.8 Å². The molecule has 2 heterocycles. The van der Waals surface area contributed by atoms with E-state index in [1.165, 1.54) is 13.4 Å². The molecule has 0 atom stereocenters. The van der Waals surface area contributed by atoms with Gasteiger partial charge < -0.3 is 18.6 Å². The molecule has 0 unspecified atom stereocenters. The minimum absolute atomic E-state index is 0.0451. The molecule has 0 N–H and O–H groups in total. The summed E-state index contributed by atoms with van der Waals surface area (Å²) in [6.07, 6.45) is 3.19. The lowest BCUT2D eigenvalue weighted by atomic mass is 10.0. The molecular weight excluding hydrogens is 336 g/mol. The smallest absolute Gasteiger partial charge is 0.354 e. The van der Waals surface area contributed by atoms with E-state index in [1.54, 1.807) is 42.5 Å². The molecule has 0 saturated heterocycles. The van der Waals surface area contributed by atoms with Gasteiger partial charge in [-0.1, -0.05) is 0 Å². The zero-order valence-corrected chi connectivity index (χ0v) is 15.4. The van der Waals surface area contributed by atoms with Gasteiger partial charge in [-0.05, 0) is 44.4 Å². The molecule has 1 fully saturated rings. The molecule has 1 amide bonds. The van der Waals surface area contributed by atoms with Crippen molar-refractivity contribution in [2.24, 2.45) is 7.05 Å². The monoisotopic (exact) mass is 358 g/mol. The largest absolute Gasteiger partial charge is 0.464 e. The molecule has 0 aromatic carbocycles. The quantitative estimate of drug-likeness (QED) is 0.585. The molecule has 0 radical (unpaired) electrons. The molecule has 1 aliphatic carbocycles. The number of methoxy groups -OCH3 is 1. The van der Waals surface area contributed by atoms with Crippen molar-refractivity contribution in [1.29, 1.82) is 0 Å². The molecule has 7 nitrogen and oxygen atoms in total. The van der Waals surface area contributed by atoms with E-state index in [4.69, 9.17) is 9.15 Å². The summed E-state index contributed by atoms with van der Waals surface area (Å²) in [5.74, 6) is -0.748. The van der Waals surface area contributed by atoms with Gasteiger partial charge in [0.15, 0.2) is 11.5 Å². The van der Waals surface area contributed by atoms with Crippen molar-refractivity contribution in [2.45, 2.75) is 32.7 Å². The second-order valence-electron chi connectivity index (χ2n) is 6.55. The van der Waals surface area contributed by atoms with E-state index in [2.05, 4.69) is 0 Å². The summed E-state index contributed by atoms with van der Waals surface area (Å²) in [4.78, 5) is 39.2. The molecule has 7 heteroatoms. The van der Waals surface area contributed by atoms with Gasteiger partial charge in [0, 0.05) is 24.3 Å². The predicted octanol–water partition coefficient (Wildman–Crippen LogP) is 2.51. The Labute approximate surface area is 151 Å². The first-order valence-electron chi connectivity index (χ1n) is 8.48. The second-order valence-corrected chi connectivity index (χ2v) is 6.55. The maximum Gasteiger partial charge on any atom is 0.354 e. The van der Waals surface area contributed by atoms with Crippen molar-refractivity contribution in [2.75, 3.05) is 13.7 Å². The highest BCUT2D eigenvalue weighted by atomic mass is 16.5. The van der Waals surface area contributed by atoms with E-state index >= 15 is 0 Å². The number of hydrogen-bond donors (Lipinski definition) is 0. The van der Waals surface area contributed by atoms with Crippen LogP contribution in [0.25, 0.3) is 0 Å². The number of esters is 1. The van der Waals surface area contributed by atoms with Crippen molar-refractivity contribution in [3.05, 3.63) is 46.7 Å². The van der Waals surface area contributed by atoms with Gasteiger partial charge in [-0.15, -0.1) is 0 Å². The van der Waals surface area contributed by atoms with Crippen LogP contribution in [-0.4, -0.2) is 46.8 Å². The summed E-state index contributed by atoms with van der Waals surface area (Å²) in [7, 11) is 3.03. The standard InChI is InChI=1S/C19H22N2O5/c1-11-16(12(2)20(3)17(11)19(24)25-4)14(22)10-21(13-7-8-13)18(23)15-6-5-9-26-15/h5-6,9,13H,7-8,10H2,1-4H3. The lowest BCUT2D eigenvalue weighted by Gasteiger charge is -2.20. The Morgan fingerprint density at radius 3 is 2.54 bits per heavy atom. The summed E-state index contributed by atoms with van der Waals surface area (Å²) in [5, 5.41) is 0. The summed E-state index contributed by atoms with van der Waals surface area (Å²) in [6.45, 7) is 3.46. The fourth-order valence-corrected chi connectivity index (χ4v) is 3.30. The Kier molecular flexibility index (Phi) is 4.71. The molecule has 1 aliphatic rings. The number of nitrogens with zero attached hydrogens (tertiary/aromatic N) is 2. The molecular formula is C19H22N2O5. The van der Waals surface area contributed by atoms with Gasteiger partial charge in [0.1, 0.15) is 5.69 Å². The summed E-state index contributed by atoms with van der Waals surface area (Å²) >= 11 is 0. The number of carbonyl (C=O) groups is 3. The fraction of sp³-hybridized carbons (Fsp3) is 0.421. The average Bonchev–Trinajstić information content (AvgIpc) is 3.25. The number of ether oxygens (including phenoxy) is 1. The maximum absolute atomic E-state index is 13.0. The minimum Gasteiger partial charge on any atom is -0.464 e. The number of amides is 1. The van der Waals surface area contributed by atoms with Crippen LogP contribution in [0.1, 0.15) is 55.5 Å². The van der Waals surface area contributed by atoms with Crippen LogP contribution in [0.5, 0.6) is 0 Å². The predicted molar refractivity (Wildman–Crippen MR) is 93.3 cm³/mol. The van der Waals surface area contributed by atoms with Gasteiger partial charge in [0.05, 0.1) is 19.9 Å². The van der Waals surface area contributed by atoms with Crippen molar-refractivity contribution in [3.63, 3.8) is 0 Å². The summed E-state index contributed by atoms with van der Waals surface area (Å²) in [6, 6.07) is 3.30. The van der Waals surface area contributed by atoms with Gasteiger partial charge in [-0.2, -0.15) is 0 Å². The number of carbonyl (C=O) groups excluding carboxylic acids is 3. The molecule has 2 aromatic rings. The first kappa shape index (κ1) is 18.0. The second kappa shape index (κ2) is 6.82. The van der Waals surface area contributed by atoms with Gasteiger partial charge >= 0.3 is 5.97 Å². The fourth-order valence-electron chi connectivity index (χ4n) is 3.30. The van der Waals surface area contributed by atoms with E-state index in [0.717, 1.165) is 12.8 Å². The highest BCUT2D eigenvalue weighted by Gasteiger charge is 2.36. The van der Waals surface area contributed by atoms with Gasteiger partial charge in [0.2, 0.25) is 0 Å². The number of Topliss-reactive ketones (excluding diaryl/α,β-unsaturated/α-hetero) is 1. The molecule has 138 valence electrons. The third-order valence-corrected chi connectivity index (χ3v) is 4.88. The molecule has 2 aromatic heterocycles. The molecule has 3 rings (SSSR count). The van der Waals surface area contributed by atoms with Crippen LogP contribution in [0.15, 0.2) is 22.8 Å². The summed E-state index contributed by atoms with van der Waals surface area (Å²) in [5.41, 5.74) is 2.06. The Morgan fingerprint density at radius 1 is 1.31 bits per heavy atom. The first-order chi connectivity index (χ1) is 12.4. The van der Waals surface area contributed by atoms with Crippen LogP contribution in [-0.2, 0) is 11.8 Å². The summed E-state index contributed by atoms with van der Waals surface area (Å²) < 4.78 is 11.7. The van der Waals surface area contributed by atoms with Crippen molar-refractivity contribution < 1.29 is 23.5 Å². The van der Waals surface area contributed by atoms with E-state index in [-0.39, 0.29) is 30.0 Å². The highest BCUT2D eigenvalue weighted by molar-refractivity contribution is 6.05. The lowest BCUT2D eigenvalue weighted by Crippen LogP contribution is -2.37. The van der Waals surface area contributed by atoms with Crippen molar-refractivity contribution in [1.82, 2.24) is 9.47 Å². The molecule has 0 bridgehead atoms. The number of hydrogen-bond acceptors (Lipinski definition) is 5. The van der Waals surface area contributed by atoms with Crippen LogP contribution >= 0.6 is 0 Å². The normalized spacial score (nSPS) is 13.5. The highest BCUT2D eigenvalue weighted by Crippen LogP contribution is 2.30. The number of rotatable bonds is 6. The Bertz CT molecular complexity index is 859. The zero-order valence-electron chi connectivity index (χ0n) is 15.4. The Morgan fingerprint density at radius 2 is 2.00 bits per heavy atom. The van der Waals surface area contributed by atoms with Gasteiger partial charge in [0.25, 0.3) is 5.91 Å². The SMILES string of the molecule is COC(=O)c1c(C)c(C(=O)CN(C(=O)c2ccco2)C2CC2)c(C)n1C. The van der Waals surface area contributed by atoms with E-state index in [1.807, 2.05) is 0 Å². The lowest BCUT2D eigenvalue weighted by molar-refractivity contribution is 0.0588. The molecule has 1 saturated carbocycles. The Hall–Kier alpha value is -2.83. The number of furan rings is 1. The average molecular weight is 358 g/mol. The zero-order chi connectivity index (χ0) is 19.0. The number of ketones is 1. The van der Waals surface area contributed by atoms with Crippen molar-refractivity contribution >= 4 is 17.7 Å². The van der Waals surface area contributed by atoms with E-state index < -0.39 is 5.97 Å². The molecule has 0 aliphatic heterocycles. The Balaban J connectivity index is 1.89.